The smallest absolute Gasteiger partial charge is 0.224 e. The number of rotatable bonds is 3. The highest BCUT2D eigenvalue weighted by Gasteiger charge is 2.29. The molecular formula is C16H26N2OS. The highest BCUT2D eigenvalue weighted by Crippen LogP contribution is 2.33. The Hall–Kier alpha value is -0.870. The Bertz CT molecular complexity index is 475. The summed E-state index contributed by atoms with van der Waals surface area (Å²) in [5, 5.41) is 2.13. The van der Waals surface area contributed by atoms with Gasteiger partial charge in [-0.1, -0.05) is 20.8 Å². The van der Waals surface area contributed by atoms with Crippen LogP contribution in [0.1, 0.15) is 57.0 Å². The average molecular weight is 294 g/mol. The van der Waals surface area contributed by atoms with Crippen molar-refractivity contribution in [2.24, 2.45) is 11.1 Å². The van der Waals surface area contributed by atoms with Gasteiger partial charge in [0.2, 0.25) is 5.91 Å². The minimum atomic E-state index is -0.0430. The van der Waals surface area contributed by atoms with Gasteiger partial charge < -0.3 is 10.6 Å². The van der Waals surface area contributed by atoms with Crippen LogP contribution >= 0.6 is 11.3 Å². The van der Waals surface area contributed by atoms with Crippen molar-refractivity contribution in [3.05, 3.63) is 21.9 Å². The molecule has 0 radical (unpaired) electrons. The molecule has 2 N–H and O–H groups in total. The van der Waals surface area contributed by atoms with Gasteiger partial charge in [-0.3, -0.25) is 4.79 Å². The van der Waals surface area contributed by atoms with Crippen LogP contribution in [0.4, 0.5) is 0 Å². The summed E-state index contributed by atoms with van der Waals surface area (Å²) in [5.74, 6) is 0.200. The second-order valence-electron chi connectivity index (χ2n) is 7.04. The summed E-state index contributed by atoms with van der Waals surface area (Å²) in [7, 11) is 0. The molecule has 2 heterocycles. The Morgan fingerprint density at radius 3 is 2.90 bits per heavy atom. The van der Waals surface area contributed by atoms with Crippen molar-refractivity contribution in [2.75, 3.05) is 6.54 Å². The lowest BCUT2D eigenvalue weighted by atomic mass is 9.87. The Morgan fingerprint density at radius 1 is 1.55 bits per heavy atom. The van der Waals surface area contributed by atoms with E-state index in [1.54, 1.807) is 11.3 Å². The number of hydrogen-bond donors (Lipinski definition) is 1. The molecule has 0 saturated heterocycles. The highest BCUT2D eigenvalue weighted by molar-refractivity contribution is 7.10. The third-order valence-corrected chi connectivity index (χ3v) is 4.91. The summed E-state index contributed by atoms with van der Waals surface area (Å²) < 4.78 is 0. The van der Waals surface area contributed by atoms with Gasteiger partial charge in [0.15, 0.2) is 0 Å². The van der Waals surface area contributed by atoms with E-state index in [-0.39, 0.29) is 23.4 Å². The molecule has 20 heavy (non-hydrogen) atoms. The quantitative estimate of drug-likeness (QED) is 0.929. The summed E-state index contributed by atoms with van der Waals surface area (Å²) in [6, 6.07) is 2.30. The number of fused-ring (bicyclic) bond motifs is 1. The number of nitrogens with zero attached hydrogens (tertiary/aromatic N) is 1. The second-order valence-corrected chi connectivity index (χ2v) is 8.04. The van der Waals surface area contributed by atoms with Gasteiger partial charge in [-0.25, -0.2) is 0 Å². The van der Waals surface area contributed by atoms with Gasteiger partial charge in [-0.2, -0.15) is 0 Å². The Morgan fingerprint density at radius 2 is 2.25 bits per heavy atom. The van der Waals surface area contributed by atoms with E-state index in [2.05, 4.69) is 39.1 Å². The summed E-state index contributed by atoms with van der Waals surface area (Å²) >= 11 is 1.80. The van der Waals surface area contributed by atoms with Gasteiger partial charge in [0.05, 0.1) is 6.04 Å². The first-order valence-corrected chi connectivity index (χ1v) is 8.27. The molecule has 0 fully saturated rings. The van der Waals surface area contributed by atoms with Crippen LogP contribution < -0.4 is 5.73 Å². The van der Waals surface area contributed by atoms with E-state index in [0.717, 1.165) is 19.4 Å². The van der Waals surface area contributed by atoms with Gasteiger partial charge in [0.1, 0.15) is 0 Å². The number of hydrogen-bond acceptors (Lipinski definition) is 3. The molecule has 2 atom stereocenters. The molecule has 1 amide bonds. The zero-order valence-electron chi connectivity index (χ0n) is 13.0. The first-order chi connectivity index (χ1) is 9.28. The van der Waals surface area contributed by atoms with Crippen molar-refractivity contribution in [1.82, 2.24) is 4.90 Å². The molecular weight excluding hydrogens is 268 g/mol. The van der Waals surface area contributed by atoms with Crippen molar-refractivity contribution < 1.29 is 4.79 Å². The topological polar surface area (TPSA) is 46.3 Å². The first kappa shape index (κ1) is 15.5. The number of carbonyl (C=O) groups excluding carboxylic acids is 1. The molecule has 1 aliphatic rings. The fourth-order valence-corrected chi connectivity index (χ4v) is 4.01. The molecule has 0 saturated carbocycles. The molecule has 0 aliphatic carbocycles. The molecule has 4 heteroatoms. The molecule has 0 spiro atoms. The SMILES string of the molecule is CC1c2ccsc2CCN1C(=O)CC(N)CC(C)(C)C. The van der Waals surface area contributed by atoms with Gasteiger partial charge in [-0.15, -0.1) is 11.3 Å². The molecule has 1 aliphatic heterocycles. The normalized spacial score (nSPS) is 20.6. The van der Waals surface area contributed by atoms with E-state index < -0.39 is 0 Å². The standard InChI is InChI=1S/C16H26N2OS/c1-11-13-6-8-20-14(13)5-7-18(11)15(19)9-12(17)10-16(2,3)4/h6,8,11-12H,5,7,9-10,17H2,1-4H3. The van der Waals surface area contributed by atoms with Gasteiger partial charge in [-0.05, 0) is 42.2 Å². The molecule has 0 bridgehead atoms. The number of nitrogens with two attached hydrogens (primary N) is 1. The third kappa shape index (κ3) is 3.61. The second kappa shape index (κ2) is 5.86. The molecule has 112 valence electrons. The Labute approximate surface area is 126 Å². The number of thiophene rings is 1. The Kier molecular flexibility index (Phi) is 4.55. The van der Waals surface area contributed by atoms with Crippen LogP contribution in [0.15, 0.2) is 11.4 Å². The van der Waals surface area contributed by atoms with Crippen molar-refractivity contribution in [2.45, 2.75) is 59.0 Å². The minimum absolute atomic E-state index is 0.0430. The third-order valence-electron chi connectivity index (χ3n) is 3.91. The van der Waals surface area contributed by atoms with Crippen LogP contribution in [0, 0.1) is 5.41 Å². The van der Waals surface area contributed by atoms with Gasteiger partial charge >= 0.3 is 0 Å². The van der Waals surface area contributed by atoms with E-state index in [0.29, 0.717) is 6.42 Å². The molecule has 2 unspecified atom stereocenters. The zero-order chi connectivity index (χ0) is 14.9. The van der Waals surface area contributed by atoms with E-state index in [1.807, 2.05) is 4.90 Å². The average Bonchev–Trinajstić information content (AvgIpc) is 2.75. The van der Waals surface area contributed by atoms with Gasteiger partial charge in [0.25, 0.3) is 0 Å². The lowest BCUT2D eigenvalue weighted by Crippen LogP contribution is -2.41. The van der Waals surface area contributed by atoms with Crippen molar-refractivity contribution >= 4 is 17.2 Å². The first-order valence-electron chi connectivity index (χ1n) is 7.39. The van der Waals surface area contributed by atoms with E-state index in [9.17, 15) is 4.79 Å². The fourth-order valence-electron chi connectivity index (χ4n) is 3.05. The molecule has 1 aromatic heterocycles. The maximum atomic E-state index is 12.5. The lowest BCUT2D eigenvalue weighted by molar-refractivity contribution is -0.134. The van der Waals surface area contributed by atoms with Gasteiger partial charge in [0, 0.05) is 23.9 Å². The summed E-state index contributed by atoms with van der Waals surface area (Å²) in [6.45, 7) is 9.45. The van der Waals surface area contributed by atoms with Crippen molar-refractivity contribution in [1.29, 1.82) is 0 Å². The van der Waals surface area contributed by atoms with Crippen LogP contribution in [-0.4, -0.2) is 23.4 Å². The summed E-state index contributed by atoms with van der Waals surface area (Å²) in [5.41, 5.74) is 7.63. The maximum absolute atomic E-state index is 12.5. The maximum Gasteiger partial charge on any atom is 0.224 e. The summed E-state index contributed by atoms with van der Waals surface area (Å²) in [4.78, 5) is 15.9. The van der Waals surface area contributed by atoms with Crippen molar-refractivity contribution in [3.63, 3.8) is 0 Å². The number of amides is 1. The zero-order valence-corrected chi connectivity index (χ0v) is 13.8. The van der Waals surface area contributed by atoms with E-state index >= 15 is 0 Å². The van der Waals surface area contributed by atoms with Crippen LogP contribution in [0.5, 0.6) is 0 Å². The van der Waals surface area contributed by atoms with Crippen LogP contribution in [0.3, 0.4) is 0 Å². The molecule has 2 rings (SSSR count). The molecule has 3 nitrogen and oxygen atoms in total. The van der Waals surface area contributed by atoms with E-state index in [4.69, 9.17) is 5.73 Å². The summed E-state index contributed by atoms with van der Waals surface area (Å²) in [6.07, 6.45) is 2.32. The lowest BCUT2D eigenvalue weighted by Gasteiger charge is -2.35. The fraction of sp³-hybridized carbons (Fsp3) is 0.688. The van der Waals surface area contributed by atoms with E-state index in [1.165, 1.54) is 10.4 Å². The van der Waals surface area contributed by atoms with Crippen LogP contribution in [0.25, 0.3) is 0 Å². The molecule has 1 aromatic rings. The predicted octanol–water partition coefficient (Wildman–Crippen LogP) is 3.35. The Balaban J connectivity index is 1.97. The van der Waals surface area contributed by atoms with Crippen LogP contribution in [0.2, 0.25) is 0 Å². The monoisotopic (exact) mass is 294 g/mol. The highest BCUT2D eigenvalue weighted by atomic mass is 32.1. The molecule has 0 aromatic carbocycles. The van der Waals surface area contributed by atoms with Crippen LogP contribution in [-0.2, 0) is 11.2 Å². The largest absolute Gasteiger partial charge is 0.335 e. The minimum Gasteiger partial charge on any atom is -0.335 e. The predicted molar refractivity (Wildman–Crippen MR) is 84.8 cm³/mol. The van der Waals surface area contributed by atoms with Crippen molar-refractivity contribution in [3.8, 4) is 0 Å². The number of carbonyl (C=O) groups is 1.